The molecule has 2 nitrogen and oxygen atoms in total. The summed E-state index contributed by atoms with van der Waals surface area (Å²) < 4.78 is 0. The van der Waals surface area contributed by atoms with Gasteiger partial charge in [0.1, 0.15) is 0 Å². The highest BCUT2D eigenvalue weighted by Crippen LogP contribution is 2.24. The zero-order valence-electron chi connectivity index (χ0n) is 11.0. The molecule has 0 bridgehead atoms. The molecule has 1 heterocycles. The van der Waals surface area contributed by atoms with Crippen LogP contribution < -0.4 is 0 Å². The van der Waals surface area contributed by atoms with E-state index in [1.54, 1.807) is 0 Å². The monoisotopic (exact) mass is 251 g/mol. The molecule has 2 aromatic carbocycles. The van der Waals surface area contributed by atoms with Crippen LogP contribution in [0.1, 0.15) is 21.5 Å². The quantitative estimate of drug-likeness (QED) is 0.818. The Hall–Kier alpha value is -1.93. The first kappa shape index (κ1) is 12.1. The van der Waals surface area contributed by atoms with E-state index < -0.39 is 0 Å². The third-order valence-corrected chi connectivity index (χ3v) is 3.81. The average Bonchev–Trinajstić information content (AvgIpc) is 2.45. The molecule has 0 radical (unpaired) electrons. The Kier molecular flexibility index (Phi) is 3.18. The fourth-order valence-electron chi connectivity index (χ4n) is 2.74. The van der Waals surface area contributed by atoms with Gasteiger partial charge < -0.3 is 0 Å². The molecule has 0 aliphatic carbocycles. The molecule has 19 heavy (non-hydrogen) atoms. The summed E-state index contributed by atoms with van der Waals surface area (Å²) >= 11 is 0. The van der Waals surface area contributed by atoms with E-state index in [2.05, 4.69) is 17.0 Å². The summed E-state index contributed by atoms with van der Waals surface area (Å²) in [7, 11) is 2.03. The predicted octanol–water partition coefficient (Wildman–Crippen LogP) is 2.93. The van der Waals surface area contributed by atoms with Crippen LogP contribution in [0.2, 0.25) is 0 Å². The Bertz CT molecular complexity index is 591. The molecule has 96 valence electrons. The van der Waals surface area contributed by atoms with Gasteiger partial charge in [-0.05, 0) is 24.6 Å². The molecule has 2 heteroatoms. The van der Waals surface area contributed by atoms with Crippen LogP contribution in [-0.2, 0) is 13.0 Å². The number of likely N-dealkylation sites (N-methyl/N-ethyl adjacent to an activating group) is 1. The Morgan fingerprint density at radius 3 is 2.53 bits per heavy atom. The van der Waals surface area contributed by atoms with Crippen molar-refractivity contribution in [2.75, 3.05) is 7.05 Å². The smallest absolute Gasteiger partial charge is 0.180 e. The van der Waals surface area contributed by atoms with E-state index in [1.165, 1.54) is 5.56 Å². The summed E-state index contributed by atoms with van der Waals surface area (Å²) in [5, 5.41) is 0. The second-order valence-corrected chi connectivity index (χ2v) is 5.14. The standard InChI is InChI=1S/C17H17NO/c1-18-12-14-9-5-6-10-15(14)17(19)16(18)11-13-7-3-2-4-8-13/h2-10,16H,11-12H2,1H3. The molecular formula is C17H17NO. The lowest BCUT2D eigenvalue weighted by molar-refractivity contribution is 0.0812. The Morgan fingerprint density at radius 2 is 1.74 bits per heavy atom. The van der Waals surface area contributed by atoms with Crippen molar-refractivity contribution in [3.05, 3.63) is 71.3 Å². The van der Waals surface area contributed by atoms with E-state index in [1.807, 2.05) is 49.5 Å². The maximum Gasteiger partial charge on any atom is 0.180 e. The van der Waals surface area contributed by atoms with E-state index in [0.29, 0.717) is 0 Å². The number of Topliss-reactive ketones (excluding diaryl/α,β-unsaturated/α-hetero) is 1. The van der Waals surface area contributed by atoms with Crippen LogP contribution in [-0.4, -0.2) is 23.8 Å². The van der Waals surface area contributed by atoms with E-state index >= 15 is 0 Å². The highest BCUT2D eigenvalue weighted by Gasteiger charge is 2.30. The zero-order chi connectivity index (χ0) is 13.2. The van der Waals surface area contributed by atoms with Crippen LogP contribution in [0.25, 0.3) is 0 Å². The van der Waals surface area contributed by atoms with Gasteiger partial charge in [0.25, 0.3) is 0 Å². The van der Waals surface area contributed by atoms with E-state index in [0.717, 1.165) is 24.1 Å². The van der Waals surface area contributed by atoms with Crippen molar-refractivity contribution in [2.45, 2.75) is 19.0 Å². The minimum atomic E-state index is -0.0442. The summed E-state index contributed by atoms with van der Waals surface area (Å²) in [6, 6.07) is 18.1. The molecule has 0 amide bonds. The van der Waals surface area contributed by atoms with Gasteiger partial charge >= 0.3 is 0 Å². The van der Waals surface area contributed by atoms with E-state index in [-0.39, 0.29) is 11.8 Å². The highest BCUT2D eigenvalue weighted by atomic mass is 16.1. The van der Waals surface area contributed by atoms with E-state index in [9.17, 15) is 4.79 Å². The number of carbonyl (C=O) groups excluding carboxylic acids is 1. The van der Waals surface area contributed by atoms with Crippen molar-refractivity contribution in [2.24, 2.45) is 0 Å². The van der Waals surface area contributed by atoms with Gasteiger partial charge in [-0.1, -0.05) is 54.6 Å². The largest absolute Gasteiger partial charge is 0.292 e. The van der Waals surface area contributed by atoms with Gasteiger partial charge in [0.15, 0.2) is 5.78 Å². The minimum Gasteiger partial charge on any atom is -0.292 e. The molecule has 1 aliphatic heterocycles. The average molecular weight is 251 g/mol. The van der Waals surface area contributed by atoms with Crippen molar-refractivity contribution >= 4 is 5.78 Å². The summed E-state index contributed by atoms with van der Waals surface area (Å²) in [5.41, 5.74) is 3.24. The number of nitrogens with zero attached hydrogens (tertiary/aromatic N) is 1. The lowest BCUT2D eigenvalue weighted by atomic mass is 9.89. The maximum absolute atomic E-state index is 12.6. The van der Waals surface area contributed by atoms with Crippen molar-refractivity contribution in [3.8, 4) is 0 Å². The van der Waals surface area contributed by atoms with Gasteiger partial charge in [0, 0.05) is 12.1 Å². The number of carbonyl (C=O) groups is 1. The zero-order valence-corrected chi connectivity index (χ0v) is 11.0. The number of ketones is 1. The lowest BCUT2D eigenvalue weighted by Gasteiger charge is -2.32. The number of benzene rings is 2. The van der Waals surface area contributed by atoms with Gasteiger partial charge in [-0.15, -0.1) is 0 Å². The summed E-state index contributed by atoms with van der Waals surface area (Å²) in [5.74, 6) is 0.244. The Balaban J connectivity index is 1.89. The molecule has 0 saturated heterocycles. The van der Waals surface area contributed by atoms with Crippen LogP contribution in [0.15, 0.2) is 54.6 Å². The van der Waals surface area contributed by atoms with Crippen LogP contribution in [0.4, 0.5) is 0 Å². The van der Waals surface area contributed by atoms with Gasteiger partial charge in [0.2, 0.25) is 0 Å². The fourth-order valence-corrected chi connectivity index (χ4v) is 2.74. The van der Waals surface area contributed by atoms with Crippen molar-refractivity contribution in [1.82, 2.24) is 4.90 Å². The van der Waals surface area contributed by atoms with Crippen LogP contribution in [0.5, 0.6) is 0 Å². The number of hydrogen-bond acceptors (Lipinski definition) is 2. The Morgan fingerprint density at radius 1 is 1.05 bits per heavy atom. The molecule has 1 unspecified atom stereocenters. The van der Waals surface area contributed by atoms with Crippen LogP contribution >= 0.6 is 0 Å². The third-order valence-electron chi connectivity index (χ3n) is 3.81. The molecule has 0 aromatic heterocycles. The number of fused-ring (bicyclic) bond motifs is 1. The first-order valence-corrected chi connectivity index (χ1v) is 6.62. The van der Waals surface area contributed by atoms with Crippen molar-refractivity contribution in [1.29, 1.82) is 0 Å². The minimum absolute atomic E-state index is 0.0442. The highest BCUT2D eigenvalue weighted by molar-refractivity contribution is 6.02. The molecule has 0 fully saturated rings. The maximum atomic E-state index is 12.6. The van der Waals surface area contributed by atoms with Crippen LogP contribution in [0.3, 0.4) is 0 Å². The van der Waals surface area contributed by atoms with Crippen LogP contribution in [0, 0.1) is 0 Å². The fraction of sp³-hybridized carbons (Fsp3) is 0.235. The third kappa shape index (κ3) is 2.32. The first-order valence-electron chi connectivity index (χ1n) is 6.62. The molecule has 1 aliphatic rings. The summed E-state index contributed by atoms with van der Waals surface area (Å²) in [4.78, 5) is 14.7. The normalized spacial score (nSPS) is 19.2. The molecule has 1 atom stereocenters. The predicted molar refractivity (Wildman–Crippen MR) is 76.2 cm³/mol. The van der Waals surface area contributed by atoms with Crippen molar-refractivity contribution < 1.29 is 4.79 Å². The van der Waals surface area contributed by atoms with E-state index in [4.69, 9.17) is 0 Å². The van der Waals surface area contributed by atoms with Gasteiger partial charge in [-0.3, -0.25) is 9.69 Å². The first-order chi connectivity index (χ1) is 9.25. The molecule has 0 N–H and O–H groups in total. The number of rotatable bonds is 2. The lowest BCUT2D eigenvalue weighted by Crippen LogP contribution is -2.44. The second kappa shape index (κ2) is 4.98. The molecular weight excluding hydrogens is 234 g/mol. The molecule has 2 aromatic rings. The summed E-state index contributed by atoms with van der Waals surface area (Å²) in [6.45, 7) is 0.847. The van der Waals surface area contributed by atoms with Gasteiger partial charge in [0.05, 0.1) is 6.04 Å². The second-order valence-electron chi connectivity index (χ2n) is 5.14. The van der Waals surface area contributed by atoms with Gasteiger partial charge in [-0.25, -0.2) is 0 Å². The Labute approximate surface area is 113 Å². The van der Waals surface area contributed by atoms with Gasteiger partial charge in [-0.2, -0.15) is 0 Å². The van der Waals surface area contributed by atoms with Crippen molar-refractivity contribution in [3.63, 3.8) is 0 Å². The molecule has 0 saturated carbocycles. The molecule has 3 rings (SSSR count). The molecule has 0 spiro atoms. The summed E-state index contributed by atoms with van der Waals surface area (Å²) in [6.07, 6.45) is 0.782. The topological polar surface area (TPSA) is 20.3 Å². The number of hydrogen-bond donors (Lipinski definition) is 0. The SMILES string of the molecule is CN1Cc2ccccc2C(=O)C1Cc1ccccc1.